The molecule has 1 aliphatic heterocycles. The van der Waals surface area contributed by atoms with Gasteiger partial charge in [-0.05, 0) is 36.4 Å². The van der Waals surface area contributed by atoms with Crippen LogP contribution in [0.4, 0.5) is 8.78 Å². The first-order valence-electron chi connectivity index (χ1n) is 10.4. The molecule has 0 atom stereocenters. The van der Waals surface area contributed by atoms with E-state index in [-0.39, 0.29) is 11.4 Å². The minimum Gasteiger partial charge on any atom is -0.493 e. The number of fused-ring (bicyclic) bond motifs is 1. The average Bonchev–Trinajstić information content (AvgIpc) is 3.28. The van der Waals surface area contributed by atoms with Crippen molar-refractivity contribution in [3.63, 3.8) is 0 Å². The molecule has 172 valence electrons. The van der Waals surface area contributed by atoms with Gasteiger partial charge in [0.05, 0.1) is 56.2 Å². The maximum atomic E-state index is 14.2. The zero-order valence-corrected chi connectivity index (χ0v) is 18.4. The number of hydrogen-bond donors (Lipinski definition) is 1. The summed E-state index contributed by atoms with van der Waals surface area (Å²) in [5, 5.41) is 14.9. The lowest BCUT2D eigenvalue weighted by Crippen LogP contribution is -2.22. The first kappa shape index (κ1) is 21.5. The monoisotopic (exact) mass is 462 g/mol. The van der Waals surface area contributed by atoms with Crippen LogP contribution in [0.15, 0.2) is 53.6 Å². The van der Waals surface area contributed by atoms with E-state index < -0.39 is 11.6 Å². The molecule has 5 rings (SSSR count). The fourth-order valence-electron chi connectivity index (χ4n) is 3.78. The normalized spacial score (nSPS) is 12.5. The number of benzene rings is 2. The number of imidazole rings is 1. The number of methoxy groups -OCH3 is 2. The van der Waals surface area contributed by atoms with Crippen LogP contribution in [-0.2, 0) is 13.1 Å². The van der Waals surface area contributed by atoms with Crippen molar-refractivity contribution in [1.82, 2.24) is 25.2 Å². The van der Waals surface area contributed by atoms with Gasteiger partial charge in [-0.15, -0.1) is 0 Å². The number of hydrogen-bond acceptors (Lipinski definition) is 7. The summed E-state index contributed by atoms with van der Waals surface area (Å²) in [4.78, 5) is 7.43. The maximum Gasteiger partial charge on any atom is 0.170 e. The molecule has 8 nitrogen and oxygen atoms in total. The standard InChI is InChI=1S/C24H20F2N6O2/c1-33-21-8-4-5-15(23(21)34-2)18-10-9-14(30-31-18)12-32-13-20-19(11-27-32)28-24(29-20)16-6-3-7-17(25)22(16)26/h3-11H,12-13H2,1-2H3,(H,28,29). The van der Waals surface area contributed by atoms with E-state index in [0.29, 0.717) is 41.7 Å². The van der Waals surface area contributed by atoms with Crippen molar-refractivity contribution >= 4 is 6.21 Å². The van der Waals surface area contributed by atoms with Crippen LogP contribution in [0.3, 0.4) is 0 Å². The first-order valence-corrected chi connectivity index (χ1v) is 10.4. The van der Waals surface area contributed by atoms with Crippen molar-refractivity contribution in [1.29, 1.82) is 0 Å². The summed E-state index contributed by atoms with van der Waals surface area (Å²) in [6.45, 7) is 0.810. The van der Waals surface area contributed by atoms with Crippen LogP contribution < -0.4 is 9.47 Å². The summed E-state index contributed by atoms with van der Waals surface area (Å²) >= 11 is 0. The van der Waals surface area contributed by atoms with Gasteiger partial charge in [0.15, 0.2) is 23.1 Å². The topological polar surface area (TPSA) is 88.5 Å². The van der Waals surface area contributed by atoms with Gasteiger partial charge in [0, 0.05) is 5.56 Å². The van der Waals surface area contributed by atoms with Gasteiger partial charge in [0.1, 0.15) is 11.5 Å². The summed E-state index contributed by atoms with van der Waals surface area (Å²) < 4.78 is 38.6. The molecule has 34 heavy (non-hydrogen) atoms. The number of nitrogens with one attached hydrogen (secondary N) is 1. The Morgan fingerprint density at radius 1 is 0.971 bits per heavy atom. The molecule has 3 heterocycles. The number of aromatic amines is 1. The third-order valence-electron chi connectivity index (χ3n) is 5.44. The molecule has 0 unspecified atom stereocenters. The lowest BCUT2D eigenvalue weighted by molar-refractivity contribution is 0.261. The molecular weight excluding hydrogens is 442 g/mol. The van der Waals surface area contributed by atoms with E-state index in [9.17, 15) is 8.78 Å². The molecule has 0 fully saturated rings. The molecule has 0 bridgehead atoms. The van der Waals surface area contributed by atoms with Crippen LogP contribution in [-0.4, -0.2) is 45.6 Å². The van der Waals surface area contributed by atoms with Crippen molar-refractivity contribution < 1.29 is 18.3 Å². The molecule has 0 radical (unpaired) electrons. The number of rotatable bonds is 6. The molecule has 0 saturated heterocycles. The van der Waals surface area contributed by atoms with E-state index in [1.54, 1.807) is 25.4 Å². The molecular formula is C24H20F2N6O2. The number of aromatic nitrogens is 4. The molecule has 0 amide bonds. The minimum absolute atomic E-state index is 0.0729. The van der Waals surface area contributed by atoms with E-state index in [2.05, 4.69) is 25.3 Å². The highest BCUT2D eigenvalue weighted by Gasteiger charge is 2.20. The van der Waals surface area contributed by atoms with Gasteiger partial charge >= 0.3 is 0 Å². The van der Waals surface area contributed by atoms with E-state index >= 15 is 0 Å². The molecule has 0 aliphatic carbocycles. The van der Waals surface area contributed by atoms with Crippen molar-refractivity contribution in [3.8, 4) is 34.1 Å². The Morgan fingerprint density at radius 3 is 2.56 bits per heavy atom. The molecule has 1 aliphatic rings. The number of nitrogens with zero attached hydrogens (tertiary/aromatic N) is 5. The van der Waals surface area contributed by atoms with E-state index in [1.165, 1.54) is 12.1 Å². The Balaban J connectivity index is 1.32. The van der Waals surface area contributed by atoms with Crippen molar-refractivity contribution in [2.24, 2.45) is 5.10 Å². The summed E-state index contributed by atoms with van der Waals surface area (Å²) in [6, 6.07) is 13.3. The largest absolute Gasteiger partial charge is 0.493 e. The second-order valence-electron chi connectivity index (χ2n) is 7.57. The number of ether oxygens (including phenoxy) is 2. The highest BCUT2D eigenvalue weighted by molar-refractivity contribution is 5.80. The van der Waals surface area contributed by atoms with Crippen LogP contribution in [0.1, 0.15) is 17.1 Å². The quantitative estimate of drug-likeness (QED) is 0.463. The zero-order chi connectivity index (χ0) is 23.7. The fraction of sp³-hybridized carbons (Fsp3) is 0.167. The van der Waals surface area contributed by atoms with E-state index in [4.69, 9.17) is 9.47 Å². The lowest BCUT2D eigenvalue weighted by Gasteiger charge is -2.20. The Kier molecular flexibility index (Phi) is 5.62. The van der Waals surface area contributed by atoms with Gasteiger partial charge in [-0.2, -0.15) is 15.3 Å². The molecule has 4 aromatic rings. The number of H-pyrrole nitrogens is 1. The van der Waals surface area contributed by atoms with Crippen LogP contribution >= 0.6 is 0 Å². The third-order valence-corrected chi connectivity index (χ3v) is 5.44. The SMILES string of the molecule is COc1cccc(-c2ccc(CN3Cc4[nH]c(-c5cccc(F)c5F)nc4C=N3)nn2)c1OC. The minimum atomic E-state index is -0.939. The zero-order valence-electron chi connectivity index (χ0n) is 18.4. The number of hydrazone groups is 1. The van der Waals surface area contributed by atoms with E-state index in [0.717, 1.165) is 17.3 Å². The molecule has 10 heteroatoms. The van der Waals surface area contributed by atoms with Gasteiger partial charge in [-0.25, -0.2) is 13.8 Å². The van der Waals surface area contributed by atoms with Gasteiger partial charge in [0.2, 0.25) is 0 Å². The van der Waals surface area contributed by atoms with Crippen LogP contribution in [0.2, 0.25) is 0 Å². The first-order chi connectivity index (χ1) is 16.6. The summed E-state index contributed by atoms with van der Waals surface area (Å²) in [7, 11) is 3.16. The van der Waals surface area contributed by atoms with E-state index in [1.807, 2.05) is 30.3 Å². The van der Waals surface area contributed by atoms with Gasteiger partial charge in [-0.3, -0.25) is 5.01 Å². The number of para-hydroxylation sites is 1. The Bertz CT molecular complexity index is 1370. The second-order valence-corrected chi connectivity index (χ2v) is 7.57. The van der Waals surface area contributed by atoms with Gasteiger partial charge < -0.3 is 14.5 Å². The van der Waals surface area contributed by atoms with Gasteiger partial charge in [0.25, 0.3) is 0 Å². The van der Waals surface area contributed by atoms with Crippen molar-refractivity contribution in [2.45, 2.75) is 13.1 Å². The molecule has 2 aromatic heterocycles. The highest BCUT2D eigenvalue weighted by Crippen LogP contribution is 2.36. The molecule has 1 N–H and O–H groups in total. The smallest absolute Gasteiger partial charge is 0.170 e. The Hall–Kier alpha value is -4.34. The third kappa shape index (κ3) is 3.94. The molecule has 0 saturated carbocycles. The van der Waals surface area contributed by atoms with Crippen molar-refractivity contribution in [3.05, 3.63) is 77.2 Å². The lowest BCUT2D eigenvalue weighted by atomic mass is 10.1. The fourth-order valence-corrected chi connectivity index (χ4v) is 3.78. The Morgan fingerprint density at radius 2 is 1.79 bits per heavy atom. The van der Waals surface area contributed by atoms with Crippen LogP contribution in [0.25, 0.3) is 22.6 Å². The average molecular weight is 462 g/mol. The summed E-state index contributed by atoms with van der Waals surface area (Å²) in [5.41, 5.74) is 3.54. The van der Waals surface area contributed by atoms with Gasteiger partial charge in [-0.1, -0.05) is 12.1 Å². The second kappa shape index (κ2) is 8.89. The van der Waals surface area contributed by atoms with Crippen LogP contribution in [0, 0.1) is 11.6 Å². The van der Waals surface area contributed by atoms with Crippen LogP contribution in [0.5, 0.6) is 11.5 Å². The number of halogens is 2. The summed E-state index contributed by atoms with van der Waals surface area (Å²) in [5.74, 6) is -0.403. The predicted octanol–water partition coefficient (Wildman–Crippen LogP) is 4.18. The molecule has 2 aromatic carbocycles. The summed E-state index contributed by atoms with van der Waals surface area (Å²) in [6.07, 6.45) is 1.58. The Labute approximate surface area is 193 Å². The van der Waals surface area contributed by atoms with Crippen molar-refractivity contribution in [2.75, 3.05) is 14.2 Å². The maximum absolute atomic E-state index is 14.2. The molecule has 0 spiro atoms. The highest BCUT2D eigenvalue weighted by atomic mass is 19.2. The predicted molar refractivity (Wildman–Crippen MR) is 121 cm³/mol.